The average molecular weight is 446 g/mol. The lowest BCUT2D eigenvalue weighted by Crippen LogP contribution is -2.29. The Kier molecular flexibility index (Phi) is 4.97. The smallest absolute Gasteiger partial charge is 0.170 e. The lowest BCUT2D eigenvalue weighted by atomic mass is 10.0. The second kappa shape index (κ2) is 7.40. The molecule has 138 valence electrons. The summed E-state index contributed by atoms with van der Waals surface area (Å²) in [5.41, 5.74) is 1.70. The highest BCUT2D eigenvalue weighted by atomic mass is 79.9. The molecule has 1 saturated heterocycles. The number of halogens is 2. The zero-order chi connectivity index (χ0) is 19.0. The molecule has 1 fully saturated rings. The zero-order valence-corrected chi connectivity index (χ0v) is 16.9. The van der Waals surface area contributed by atoms with Gasteiger partial charge in [-0.1, -0.05) is 6.07 Å². The van der Waals surface area contributed by atoms with Gasteiger partial charge in [-0.15, -0.1) is 0 Å². The van der Waals surface area contributed by atoms with Crippen molar-refractivity contribution in [1.82, 2.24) is 15.2 Å². The molecule has 2 aromatic heterocycles. The molecule has 0 bridgehead atoms. The van der Waals surface area contributed by atoms with E-state index in [9.17, 15) is 4.39 Å². The van der Waals surface area contributed by atoms with Gasteiger partial charge in [0.25, 0.3) is 0 Å². The Morgan fingerprint density at radius 3 is 2.81 bits per heavy atom. The van der Waals surface area contributed by atoms with E-state index >= 15 is 0 Å². The van der Waals surface area contributed by atoms with E-state index in [1.807, 2.05) is 30.3 Å². The molecule has 2 atom stereocenters. The summed E-state index contributed by atoms with van der Waals surface area (Å²) in [5, 5.41) is 4.04. The molecular formula is C20H17BrFN3OS. The lowest BCUT2D eigenvalue weighted by Gasteiger charge is -2.24. The number of likely N-dealkylation sites (N-methyl/N-ethyl adjacent to an activating group) is 1. The molecule has 27 heavy (non-hydrogen) atoms. The van der Waals surface area contributed by atoms with Crippen LogP contribution in [0.25, 0.3) is 11.3 Å². The average Bonchev–Trinajstić information content (AvgIpc) is 3.26. The van der Waals surface area contributed by atoms with Crippen LogP contribution in [0.2, 0.25) is 0 Å². The predicted molar refractivity (Wildman–Crippen MR) is 110 cm³/mol. The van der Waals surface area contributed by atoms with E-state index < -0.39 is 0 Å². The fourth-order valence-electron chi connectivity index (χ4n) is 3.40. The third-order valence-corrected chi connectivity index (χ3v) is 5.66. The van der Waals surface area contributed by atoms with E-state index in [0.717, 1.165) is 23.6 Å². The molecule has 7 heteroatoms. The van der Waals surface area contributed by atoms with Crippen molar-refractivity contribution in [3.63, 3.8) is 0 Å². The van der Waals surface area contributed by atoms with Crippen LogP contribution >= 0.6 is 28.1 Å². The summed E-state index contributed by atoms with van der Waals surface area (Å²) in [6.07, 6.45) is 1.77. The molecule has 1 aromatic carbocycles. The fraction of sp³-hybridized carbons (Fsp3) is 0.200. The Hall–Kier alpha value is -2.25. The van der Waals surface area contributed by atoms with Gasteiger partial charge in [-0.25, -0.2) is 4.39 Å². The SMILES string of the molecule is CCN1C(=S)N[C@H](c2ccccn2)[C@H]1c1ccc(-c2ccc(F)cc2Br)o1. The van der Waals surface area contributed by atoms with Gasteiger partial charge >= 0.3 is 0 Å². The molecule has 1 aliphatic rings. The monoisotopic (exact) mass is 445 g/mol. The summed E-state index contributed by atoms with van der Waals surface area (Å²) in [6.45, 7) is 2.80. The number of pyridine rings is 1. The third kappa shape index (κ3) is 3.37. The maximum absolute atomic E-state index is 13.4. The van der Waals surface area contributed by atoms with Gasteiger partial charge in [-0.05, 0) is 77.5 Å². The molecule has 1 aliphatic heterocycles. The van der Waals surface area contributed by atoms with Crippen LogP contribution in [0.5, 0.6) is 0 Å². The third-order valence-electron chi connectivity index (χ3n) is 4.65. The van der Waals surface area contributed by atoms with Crippen molar-refractivity contribution >= 4 is 33.3 Å². The van der Waals surface area contributed by atoms with Crippen LogP contribution in [0.1, 0.15) is 30.5 Å². The van der Waals surface area contributed by atoms with Crippen LogP contribution in [0, 0.1) is 5.82 Å². The molecule has 0 aliphatic carbocycles. The summed E-state index contributed by atoms with van der Waals surface area (Å²) in [6, 6.07) is 14.0. The van der Waals surface area contributed by atoms with Crippen LogP contribution in [0.15, 0.2) is 63.6 Å². The van der Waals surface area contributed by atoms with Gasteiger partial charge in [-0.3, -0.25) is 4.98 Å². The molecule has 3 aromatic rings. The normalized spacial score (nSPS) is 19.4. The molecule has 0 saturated carbocycles. The van der Waals surface area contributed by atoms with Gasteiger partial charge < -0.3 is 14.6 Å². The molecule has 0 radical (unpaired) electrons. The number of aromatic nitrogens is 1. The van der Waals surface area contributed by atoms with Gasteiger partial charge in [0.1, 0.15) is 23.4 Å². The molecule has 3 heterocycles. The van der Waals surface area contributed by atoms with Gasteiger partial charge in [0, 0.05) is 22.8 Å². The summed E-state index contributed by atoms with van der Waals surface area (Å²) in [7, 11) is 0. The van der Waals surface area contributed by atoms with E-state index in [4.69, 9.17) is 16.6 Å². The number of nitrogens with one attached hydrogen (secondary N) is 1. The number of furan rings is 1. The largest absolute Gasteiger partial charge is 0.459 e. The Bertz CT molecular complexity index is 978. The summed E-state index contributed by atoms with van der Waals surface area (Å²) < 4.78 is 20.2. The first-order chi connectivity index (χ1) is 13.1. The minimum atomic E-state index is -0.296. The highest BCUT2D eigenvalue weighted by molar-refractivity contribution is 9.10. The van der Waals surface area contributed by atoms with Crippen molar-refractivity contribution in [2.75, 3.05) is 6.54 Å². The van der Waals surface area contributed by atoms with Gasteiger partial charge in [-0.2, -0.15) is 0 Å². The van der Waals surface area contributed by atoms with Gasteiger partial charge in [0.15, 0.2) is 5.11 Å². The highest BCUT2D eigenvalue weighted by Crippen LogP contribution is 2.41. The van der Waals surface area contributed by atoms with Crippen molar-refractivity contribution < 1.29 is 8.81 Å². The first kappa shape index (κ1) is 18.1. The maximum atomic E-state index is 13.4. The molecule has 0 unspecified atom stereocenters. The Morgan fingerprint density at radius 1 is 1.26 bits per heavy atom. The zero-order valence-electron chi connectivity index (χ0n) is 14.5. The predicted octanol–water partition coefficient (Wildman–Crippen LogP) is 5.24. The quantitative estimate of drug-likeness (QED) is 0.556. The molecule has 0 spiro atoms. The minimum absolute atomic E-state index is 0.102. The summed E-state index contributed by atoms with van der Waals surface area (Å²) in [4.78, 5) is 6.58. The van der Waals surface area contributed by atoms with E-state index in [1.54, 1.807) is 12.3 Å². The highest BCUT2D eigenvalue weighted by Gasteiger charge is 2.40. The summed E-state index contributed by atoms with van der Waals surface area (Å²) in [5.74, 6) is 1.16. The lowest BCUT2D eigenvalue weighted by molar-refractivity contribution is 0.284. The van der Waals surface area contributed by atoms with Crippen molar-refractivity contribution in [1.29, 1.82) is 0 Å². The number of rotatable bonds is 4. The Balaban J connectivity index is 1.73. The van der Waals surface area contributed by atoms with E-state index in [1.165, 1.54) is 12.1 Å². The van der Waals surface area contributed by atoms with Crippen molar-refractivity contribution in [3.8, 4) is 11.3 Å². The standard InChI is InChI=1S/C20H17BrFN3OS/c1-2-25-19(18(24-20(25)27)15-5-3-4-10-23-15)17-9-8-16(26-17)13-7-6-12(22)11-14(13)21/h3-11,18-19H,2H2,1H3,(H,24,27)/t18-,19-/m1/s1. The topological polar surface area (TPSA) is 41.3 Å². The van der Waals surface area contributed by atoms with Crippen LogP contribution in [-0.4, -0.2) is 21.5 Å². The van der Waals surface area contributed by atoms with Crippen molar-refractivity contribution in [2.24, 2.45) is 0 Å². The molecule has 1 N–H and O–H groups in total. The summed E-state index contributed by atoms with van der Waals surface area (Å²) >= 11 is 8.93. The van der Waals surface area contributed by atoms with Crippen LogP contribution in [0.3, 0.4) is 0 Å². The molecule has 4 nitrogen and oxygen atoms in total. The van der Waals surface area contributed by atoms with E-state index in [-0.39, 0.29) is 17.9 Å². The molecule has 4 rings (SSSR count). The first-order valence-electron chi connectivity index (χ1n) is 8.61. The maximum Gasteiger partial charge on any atom is 0.170 e. The second-order valence-electron chi connectivity index (χ2n) is 6.24. The van der Waals surface area contributed by atoms with Crippen LogP contribution in [0.4, 0.5) is 4.39 Å². The van der Waals surface area contributed by atoms with Gasteiger partial charge in [0.05, 0.1) is 11.7 Å². The number of benzene rings is 1. The van der Waals surface area contributed by atoms with Crippen molar-refractivity contribution in [3.05, 3.63) is 76.5 Å². The number of hydrogen-bond donors (Lipinski definition) is 1. The van der Waals surface area contributed by atoms with Crippen LogP contribution in [-0.2, 0) is 0 Å². The Labute approximate surface area is 170 Å². The van der Waals surface area contributed by atoms with Gasteiger partial charge in [0.2, 0.25) is 0 Å². The van der Waals surface area contributed by atoms with E-state index in [0.29, 0.717) is 15.3 Å². The number of nitrogens with zero attached hydrogens (tertiary/aromatic N) is 2. The van der Waals surface area contributed by atoms with Crippen LogP contribution < -0.4 is 5.32 Å². The second-order valence-corrected chi connectivity index (χ2v) is 7.48. The number of hydrogen-bond acceptors (Lipinski definition) is 3. The molecule has 0 amide bonds. The fourth-order valence-corrected chi connectivity index (χ4v) is 4.32. The molecular weight excluding hydrogens is 429 g/mol. The first-order valence-corrected chi connectivity index (χ1v) is 9.82. The minimum Gasteiger partial charge on any atom is -0.459 e. The number of thiocarbonyl (C=S) groups is 1. The van der Waals surface area contributed by atoms with E-state index in [2.05, 4.69) is 38.1 Å². The van der Waals surface area contributed by atoms with Crippen molar-refractivity contribution in [2.45, 2.75) is 19.0 Å². The Morgan fingerprint density at radius 2 is 2.11 bits per heavy atom.